The molecule has 0 saturated heterocycles. The normalized spacial score (nSPS) is 61.7. The summed E-state index contributed by atoms with van der Waals surface area (Å²) in [7, 11) is 0. The van der Waals surface area contributed by atoms with Crippen LogP contribution >= 0.6 is 0 Å². The van der Waals surface area contributed by atoms with Gasteiger partial charge in [-0.3, -0.25) is 4.79 Å². The van der Waals surface area contributed by atoms with Crippen LogP contribution in [-0.2, 0) is 4.79 Å². The third kappa shape index (κ3) is 0.697. The van der Waals surface area contributed by atoms with Gasteiger partial charge in [0, 0.05) is 10.8 Å². The van der Waals surface area contributed by atoms with Crippen LogP contribution in [0.25, 0.3) is 0 Å². The van der Waals surface area contributed by atoms with E-state index in [1.807, 2.05) is 0 Å². The van der Waals surface area contributed by atoms with Crippen molar-refractivity contribution in [2.24, 2.45) is 28.1 Å². The zero-order valence-electron chi connectivity index (χ0n) is 10.4. The first-order chi connectivity index (χ1) is 6.92. The van der Waals surface area contributed by atoms with Crippen LogP contribution in [-0.4, -0.2) is 5.78 Å². The average molecular weight is 206 g/mol. The summed E-state index contributed by atoms with van der Waals surface area (Å²) in [5.74, 6) is 1.94. The summed E-state index contributed by atoms with van der Waals surface area (Å²) in [6.45, 7) is 9.20. The summed E-state index contributed by atoms with van der Waals surface area (Å²) >= 11 is 0. The predicted molar refractivity (Wildman–Crippen MR) is 60.5 cm³/mol. The minimum absolute atomic E-state index is 0.0441. The van der Waals surface area contributed by atoms with Crippen LogP contribution in [0.1, 0.15) is 53.4 Å². The summed E-state index contributed by atoms with van der Waals surface area (Å²) in [4.78, 5) is 12.7. The predicted octanol–water partition coefficient (Wildman–Crippen LogP) is 3.43. The fraction of sp³-hybridized carbons (Fsp3) is 0.929. The van der Waals surface area contributed by atoms with Gasteiger partial charge in [0.2, 0.25) is 0 Å². The van der Waals surface area contributed by atoms with Crippen molar-refractivity contribution in [3.05, 3.63) is 0 Å². The molecule has 0 aromatic rings. The van der Waals surface area contributed by atoms with E-state index in [4.69, 9.17) is 0 Å². The molecule has 4 aliphatic rings. The molecule has 5 atom stereocenters. The molecule has 1 heteroatoms. The van der Waals surface area contributed by atoms with Gasteiger partial charge in [-0.15, -0.1) is 0 Å². The van der Waals surface area contributed by atoms with Crippen LogP contribution in [0, 0.1) is 28.1 Å². The van der Waals surface area contributed by atoms with Gasteiger partial charge in [-0.1, -0.05) is 27.7 Å². The number of Topliss-reactive ketones (excluding diaryl/α,β-unsaturated/α-hetero) is 1. The van der Waals surface area contributed by atoms with Gasteiger partial charge in [-0.05, 0) is 42.9 Å². The first-order valence-electron chi connectivity index (χ1n) is 6.47. The minimum Gasteiger partial charge on any atom is -0.298 e. The highest BCUT2D eigenvalue weighted by Gasteiger charge is 2.77. The molecule has 84 valence electrons. The Morgan fingerprint density at radius 3 is 2.53 bits per heavy atom. The molecular weight excluding hydrogens is 184 g/mol. The highest BCUT2D eigenvalue weighted by molar-refractivity contribution is 5.97. The summed E-state index contributed by atoms with van der Waals surface area (Å²) in [6.07, 6.45) is 4.82. The lowest BCUT2D eigenvalue weighted by atomic mass is 9.47. The van der Waals surface area contributed by atoms with Crippen molar-refractivity contribution in [2.75, 3.05) is 0 Å². The van der Waals surface area contributed by atoms with Crippen molar-refractivity contribution < 1.29 is 4.79 Å². The standard InChI is InChI=1S/C14H22O/c1-5-14-9(2)10-6-7-12(14,3)8-13(10,4)11(14)15/h9-10H,5-8H2,1-4H3/t9-,10-,12-,13-,14+/m1/s1. The third-order valence-corrected chi connectivity index (χ3v) is 6.52. The number of hydrogen-bond acceptors (Lipinski definition) is 1. The van der Waals surface area contributed by atoms with Crippen molar-refractivity contribution >= 4 is 5.78 Å². The highest BCUT2D eigenvalue weighted by atomic mass is 16.1. The Kier molecular flexibility index (Phi) is 1.53. The van der Waals surface area contributed by atoms with E-state index in [1.54, 1.807) is 0 Å². The molecule has 4 aliphatic carbocycles. The smallest absolute Gasteiger partial charge is 0.145 e. The second-order valence-electron chi connectivity index (χ2n) is 6.74. The SMILES string of the molecule is CC[C@]12C(=O)[C@]3(C)C[C@@]1(C)CC[C@@H]3[C@H]2C. The van der Waals surface area contributed by atoms with Gasteiger partial charge >= 0.3 is 0 Å². The molecule has 4 saturated carbocycles. The lowest BCUT2D eigenvalue weighted by Crippen LogP contribution is -2.50. The molecule has 0 heterocycles. The van der Waals surface area contributed by atoms with E-state index < -0.39 is 0 Å². The van der Waals surface area contributed by atoms with Gasteiger partial charge in [0.25, 0.3) is 0 Å². The van der Waals surface area contributed by atoms with E-state index in [2.05, 4.69) is 27.7 Å². The van der Waals surface area contributed by atoms with Crippen LogP contribution in [0.4, 0.5) is 0 Å². The van der Waals surface area contributed by atoms with Gasteiger partial charge in [0.05, 0.1) is 0 Å². The average Bonchev–Trinajstić information content (AvgIpc) is 2.40. The lowest BCUT2D eigenvalue weighted by Gasteiger charge is -2.55. The maximum Gasteiger partial charge on any atom is 0.145 e. The highest BCUT2D eigenvalue weighted by Crippen LogP contribution is 2.78. The van der Waals surface area contributed by atoms with Gasteiger partial charge < -0.3 is 0 Å². The fourth-order valence-corrected chi connectivity index (χ4v) is 6.05. The summed E-state index contributed by atoms with van der Waals surface area (Å²) in [5.41, 5.74) is 0.412. The van der Waals surface area contributed by atoms with Crippen LogP contribution in [0.15, 0.2) is 0 Å². The molecule has 0 N–H and O–H groups in total. The largest absolute Gasteiger partial charge is 0.298 e. The number of hydrogen-bond donors (Lipinski definition) is 0. The first kappa shape index (κ1) is 9.86. The van der Waals surface area contributed by atoms with Crippen molar-refractivity contribution in [1.29, 1.82) is 0 Å². The maximum absolute atomic E-state index is 12.7. The van der Waals surface area contributed by atoms with Crippen molar-refractivity contribution in [3.63, 3.8) is 0 Å². The second-order valence-corrected chi connectivity index (χ2v) is 6.74. The zero-order chi connectivity index (χ0) is 11.1. The Hall–Kier alpha value is -0.330. The molecule has 4 rings (SSSR count). The summed E-state index contributed by atoms with van der Waals surface area (Å²) in [6, 6.07) is 0. The fourth-order valence-electron chi connectivity index (χ4n) is 6.05. The van der Waals surface area contributed by atoms with Crippen LogP contribution in [0.3, 0.4) is 0 Å². The van der Waals surface area contributed by atoms with Gasteiger partial charge in [-0.25, -0.2) is 0 Å². The van der Waals surface area contributed by atoms with Crippen molar-refractivity contribution in [1.82, 2.24) is 0 Å². The Bertz CT molecular complexity index is 347. The Morgan fingerprint density at radius 1 is 1.40 bits per heavy atom. The molecule has 0 aromatic carbocycles. The summed E-state index contributed by atoms with van der Waals surface area (Å²) in [5, 5.41) is 0. The van der Waals surface area contributed by atoms with E-state index in [9.17, 15) is 4.79 Å². The molecule has 4 fully saturated rings. The first-order valence-corrected chi connectivity index (χ1v) is 6.47. The van der Waals surface area contributed by atoms with E-state index in [1.165, 1.54) is 19.3 Å². The quantitative estimate of drug-likeness (QED) is 0.642. The van der Waals surface area contributed by atoms with E-state index >= 15 is 0 Å². The van der Waals surface area contributed by atoms with Gasteiger partial charge in [-0.2, -0.15) is 0 Å². The molecule has 0 unspecified atom stereocenters. The van der Waals surface area contributed by atoms with Crippen molar-refractivity contribution in [2.45, 2.75) is 53.4 Å². The molecule has 0 spiro atoms. The zero-order valence-corrected chi connectivity index (χ0v) is 10.4. The van der Waals surface area contributed by atoms with E-state index in [-0.39, 0.29) is 10.8 Å². The molecular formula is C14H22O. The number of carbonyl (C=O) groups is 1. The Balaban J connectivity index is 2.25. The lowest BCUT2D eigenvalue weighted by molar-refractivity contribution is -0.133. The van der Waals surface area contributed by atoms with Crippen LogP contribution in [0.2, 0.25) is 0 Å². The Labute approximate surface area is 92.6 Å². The maximum atomic E-state index is 12.7. The van der Waals surface area contributed by atoms with E-state index in [0.717, 1.165) is 6.42 Å². The molecule has 0 radical (unpaired) electrons. The molecule has 4 bridgehead atoms. The topological polar surface area (TPSA) is 17.1 Å². The molecule has 1 nitrogen and oxygen atoms in total. The molecule has 0 amide bonds. The summed E-state index contributed by atoms with van der Waals surface area (Å²) < 4.78 is 0. The minimum atomic E-state index is 0.0441. The Morgan fingerprint density at radius 2 is 2.07 bits per heavy atom. The van der Waals surface area contributed by atoms with Crippen LogP contribution in [0.5, 0.6) is 0 Å². The van der Waals surface area contributed by atoms with E-state index in [0.29, 0.717) is 23.0 Å². The number of carbonyl (C=O) groups excluding carboxylic acids is 1. The monoisotopic (exact) mass is 206 g/mol. The third-order valence-electron chi connectivity index (χ3n) is 6.52. The van der Waals surface area contributed by atoms with Gasteiger partial charge in [0.1, 0.15) is 5.78 Å². The number of ketones is 1. The van der Waals surface area contributed by atoms with Crippen LogP contribution < -0.4 is 0 Å². The number of fused-ring (bicyclic) bond motifs is 1. The van der Waals surface area contributed by atoms with Gasteiger partial charge in [0.15, 0.2) is 0 Å². The number of rotatable bonds is 1. The van der Waals surface area contributed by atoms with Crippen molar-refractivity contribution in [3.8, 4) is 0 Å². The molecule has 0 aliphatic heterocycles. The molecule has 0 aromatic heterocycles. The molecule has 15 heavy (non-hydrogen) atoms. The second kappa shape index (κ2) is 2.33.